The van der Waals surface area contributed by atoms with Crippen molar-refractivity contribution in [3.8, 4) is 0 Å². The fraction of sp³-hybridized carbons (Fsp3) is 0.500. The standard InChI is InChI=1S/C14H18O2/c1-10(14(15)16)9-12-5-2-3-8-13(12)11-6-4-7-11/h2-3,5,8,10-11H,4,6-7,9H2,1H3,(H,15,16). The van der Waals surface area contributed by atoms with Crippen molar-refractivity contribution in [3.63, 3.8) is 0 Å². The third-order valence-corrected chi connectivity index (χ3v) is 3.55. The molecule has 1 aliphatic rings. The lowest BCUT2D eigenvalue weighted by Crippen LogP contribution is -2.16. The summed E-state index contributed by atoms with van der Waals surface area (Å²) < 4.78 is 0. The molecule has 0 radical (unpaired) electrons. The third kappa shape index (κ3) is 2.26. The molecule has 0 heterocycles. The second-order valence-electron chi connectivity index (χ2n) is 4.77. The first kappa shape index (κ1) is 11.2. The molecule has 1 fully saturated rings. The predicted octanol–water partition coefficient (Wildman–Crippen LogP) is 3.22. The normalized spacial score (nSPS) is 17.8. The van der Waals surface area contributed by atoms with Crippen LogP contribution in [0.3, 0.4) is 0 Å². The zero-order chi connectivity index (χ0) is 11.5. The molecule has 0 amide bonds. The topological polar surface area (TPSA) is 37.3 Å². The molecule has 2 nitrogen and oxygen atoms in total. The summed E-state index contributed by atoms with van der Waals surface area (Å²) in [4.78, 5) is 10.9. The Bertz CT molecular complexity index is 380. The van der Waals surface area contributed by atoms with Crippen molar-refractivity contribution >= 4 is 5.97 Å². The molecule has 16 heavy (non-hydrogen) atoms. The van der Waals surface area contributed by atoms with Crippen molar-refractivity contribution < 1.29 is 9.90 Å². The molecular weight excluding hydrogens is 200 g/mol. The molecule has 2 heteroatoms. The van der Waals surface area contributed by atoms with Gasteiger partial charge in [0, 0.05) is 0 Å². The average Bonchev–Trinajstić information content (AvgIpc) is 2.18. The van der Waals surface area contributed by atoms with Gasteiger partial charge >= 0.3 is 5.97 Å². The van der Waals surface area contributed by atoms with Crippen LogP contribution in [0.2, 0.25) is 0 Å². The van der Waals surface area contributed by atoms with E-state index in [1.807, 2.05) is 6.07 Å². The molecule has 0 spiro atoms. The van der Waals surface area contributed by atoms with Crippen LogP contribution in [0.25, 0.3) is 0 Å². The molecule has 1 aromatic carbocycles. The number of aliphatic carboxylic acids is 1. The minimum absolute atomic E-state index is 0.291. The highest BCUT2D eigenvalue weighted by Crippen LogP contribution is 2.38. The van der Waals surface area contributed by atoms with Gasteiger partial charge in [0.05, 0.1) is 5.92 Å². The fourth-order valence-electron chi connectivity index (χ4n) is 2.25. The number of hydrogen-bond donors (Lipinski definition) is 1. The highest BCUT2D eigenvalue weighted by molar-refractivity contribution is 5.70. The van der Waals surface area contributed by atoms with E-state index in [2.05, 4.69) is 18.2 Å². The van der Waals surface area contributed by atoms with E-state index >= 15 is 0 Å². The van der Waals surface area contributed by atoms with Gasteiger partial charge in [0.2, 0.25) is 0 Å². The Morgan fingerprint density at radius 2 is 2.12 bits per heavy atom. The molecule has 1 N–H and O–H groups in total. The Labute approximate surface area is 96.3 Å². The van der Waals surface area contributed by atoms with Crippen LogP contribution in [0.4, 0.5) is 0 Å². The van der Waals surface area contributed by atoms with Gasteiger partial charge < -0.3 is 5.11 Å². The van der Waals surface area contributed by atoms with Crippen molar-refractivity contribution in [3.05, 3.63) is 35.4 Å². The fourth-order valence-corrected chi connectivity index (χ4v) is 2.25. The highest BCUT2D eigenvalue weighted by Gasteiger charge is 2.23. The van der Waals surface area contributed by atoms with E-state index in [4.69, 9.17) is 5.11 Å². The summed E-state index contributed by atoms with van der Waals surface area (Å²) in [5.41, 5.74) is 2.60. The maximum absolute atomic E-state index is 10.9. The SMILES string of the molecule is CC(Cc1ccccc1C1CCC1)C(=O)O. The van der Waals surface area contributed by atoms with Crippen LogP contribution in [0.1, 0.15) is 43.2 Å². The molecular formula is C14H18O2. The van der Waals surface area contributed by atoms with Crippen LogP contribution in [0.5, 0.6) is 0 Å². The second-order valence-corrected chi connectivity index (χ2v) is 4.77. The van der Waals surface area contributed by atoms with E-state index in [1.54, 1.807) is 6.92 Å². The van der Waals surface area contributed by atoms with Gasteiger partial charge in [-0.1, -0.05) is 37.6 Å². The quantitative estimate of drug-likeness (QED) is 0.842. The Hall–Kier alpha value is -1.31. The first-order valence-electron chi connectivity index (χ1n) is 5.99. The van der Waals surface area contributed by atoms with E-state index in [1.165, 1.54) is 30.4 Å². The minimum Gasteiger partial charge on any atom is -0.481 e. The first-order valence-corrected chi connectivity index (χ1v) is 5.99. The van der Waals surface area contributed by atoms with Crippen molar-refractivity contribution in [1.29, 1.82) is 0 Å². The van der Waals surface area contributed by atoms with E-state index in [9.17, 15) is 4.79 Å². The number of rotatable bonds is 4. The number of hydrogen-bond acceptors (Lipinski definition) is 1. The maximum Gasteiger partial charge on any atom is 0.306 e. The van der Waals surface area contributed by atoms with E-state index in [0.29, 0.717) is 12.3 Å². The minimum atomic E-state index is -0.705. The Balaban J connectivity index is 2.16. The molecule has 0 bridgehead atoms. The Morgan fingerprint density at radius 1 is 1.44 bits per heavy atom. The molecule has 1 aromatic rings. The smallest absolute Gasteiger partial charge is 0.306 e. The molecule has 1 aliphatic carbocycles. The van der Waals surface area contributed by atoms with Crippen LogP contribution >= 0.6 is 0 Å². The first-order chi connectivity index (χ1) is 7.68. The summed E-state index contributed by atoms with van der Waals surface area (Å²) >= 11 is 0. The van der Waals surface area contributed by atoms with E-state index in [-0.39, 0.29) is 5.92 Å². The monoisotopic (exact) mass is 218 g/mol. The number of carboxylic acid groups (broad SMARTS) is 1. The zero-order valence-electron chi connectivity index (χ0n) is 9.65. The summed E-state index contributed by atoms with van der Waals surface area (Å²) in [5, 5.41) is 8.94. The van der Waals surface area contributed by atoms with Crippen LogP contribution in [0.15, 0.2) is 24.3 Å². The Kier molecular flexibility index (Phi) is 3.28. The van der Waals surface area contributed by atoms with Crippen molar-refractivity contribution in [2.45, 2.75) is 38.5 Å². The summed E-state index contributed by atoms with van der Waals surface area (Å²) in [5.74, 6) is -0.318. The second kappa shape index (κ2) is 4.69. The average molecular weight is 218 g/mol. The van der Waals surface area contributed by atoms with Crippen molar-refractivity contribution in [1.82, 2.24) is 0 Å². The van der Waals surface area contributed by atoms with Gasteiger partial charge in [-0.3, -0.25) is 4.79 Å². The lowest BCUT2D eigenvalue weighted by molar-refractivity contribution is -0.141. The van der Waals surface area contributed by atoms with Gasteiger partial charge in [-0.05, 0) is 36.3 Å². The summed E-state index contributed by atoms with van der Waals surface area (Å²) in [6, 6.07) is 8.30. The molecule has 1 saturated carbocycles. The van der Waals surface area contributed by atoms with Crippen molar-refractivity contribution in [2.75, 3.05) is 0 Å². The molecule has 2 rings (SSSR count). The van der Waals surface area contributed by atoms with Crippen LogP contribution in [0, 0.1) is 5.92 Å². The van der Waals surface area contributed by atoms with Gasteiger partial charge in [0.25, 0.3) is 0 Å². The number of carboxylic acids is 1. The lowest BCUT2D eigenvalue weighted by Gasteiger charge is -2.28. The van der Waals surface area contributed by atoms with Gasteiger partial charge in [0.1, 0.15) is 0 Å². The maximum atomic E-state index is 10.9. The van der Waals surface area contributed by atoms with Gasteiger partial charge in [-0.25, -0.2) is 0 Å². The summed E-state index contributed by atoms with van der Waals surface area (Å²) in [6.07, 6.45) is 4.49. The molecule has 0 aliphatic heterocycles. The molecule has 1 atom stereocenters. The van der Waals surface area contributed by atoms with Crippen molar-refractivity contribution in [2.24, 2.45) is 5.92 Å². The van der Waals surface area contributed by atoms with Gasteiger partial charge in [0.15, 0.2) is 0 Å². The lowest BCUT2D eigenvalue weighted by atomic mass is 9.77. The Morgan fingerprint density at radius 3 is 2.69 bits per heavy atom. The summed E-state index contributed by atoms with van der Waals surface area (Å²) in [7, 11) is 0. The summed E-state index contributed by atoms with van der Waals surface area (Å²) in [6.45, 7) is 1.78. The highest BCUT2D eigenvalue weighted by atomic mass is 16.4. The number of benzene rings is 1. The largest absolute Gasteiger partial charge is 0.481 e. The van der Waals surface area contributed by atoms with Crippen LogP contribution in [-0.2, 0) is 11.2 Å². The van der Waals surface area contributed by atoms with E-state index in [0.717, 1.165) is 0 Å². The molecule has 0 aromatic heterocycles. The van der Waals surface area contributed by atoms with Crippen LogP contribution < -0.4 is 0 Å². The number of carbonyl (C=O) groups is 1. The van der Waals surface area contributed by atoms with Gasteiger partial charge in [-0.15, -0.1) is 0 Å². The van der Waals surface area contributed by atoms with Crippen LogP contribution in [-0.4, -0.2) is 11.1 Å². The molecule has 86 valence electrons. The predicted molar refractivity (Wildman–Crippen MR) is 63.5 cm³/mol. The van der Waals surface area contributed by atoms with E-state index < -0.39 is 5.97 Å². The van der Waals surface area contributed by atoms with Gasteiger partial charge in [-0.2, -0.15) is 0 Å². The molecule has 0 saturated heterocycles. The zero-order valence-corrected chi connectivity index (χ0v) is 9.65. The third-order valence-electron chi connectivity index (χ3n) is 3.55. The molecule has 1 unspecified atom stereocenters.